The van der Waals surface area contributed by atoms with Crippen molar-refractivity contribution in [1.82, 2.24) is 19.9 Å². The van der Waals surface area contributed by atoms with Crippen molar-refractivity contribution in [3.05, 3.63) is 18.7 Å². The third kappa shape index (κ3) is 1.53. The monoisotopic (exact) mass is 210 g/mol. The van der Waals surface area contributed by atoms with Crippen LogP contribution >= 0.6 is 0 Å². The van der Waals surface area contributed by atoms with Gasteiger partial charge in [-0.15, -0.1) is 0 Å². The Kier molecular flexibility index (Phi) is 1.88. The first-order valence-corrected chi connectivity index (χ1v) is 5.59. The maximum absolute atomic E-state index is 11.1. The molecular weight excluding hydrogens is 204 g/mol. The first-order chi connectivity index (χ1) is 6.57. The van der Waals surface area contributed by atoms with Crippen molar-refractivity contribution in [1.29, 1.82) is 0 Å². The van der Waals surface area contributed by atoms with Crippen LogP contribution in [0.4, 0.5) is 0 Å². The number of nitrogens with zero attached hydrogens (tertiary/aromatic N) is 4. The Bertz CT molecular complexity index is 581. The summed E-state index contributed by atoms with van der Waals surface area (Å²) in [4.78, 5) is 15.1. The van der Waals surface area contributed by atoms with E-state index in [9.17, 15) is 8.42 Å². The van der Waals surface area contributed by atoms with Crippen molar-refractivity contribution >= 4 is 20.9 Å². The molecule has 2 aromatic rings. The normalized spacial score (nSPS) is 11.8. The topological polar surface area (TPSA) is 85.7 Å². The van der Waals surface area contributed by atoms with Gasteiger partial charge in [-0.05, 0) is 0 Å². The molecule has 0 saturated carbocycles. The molecule has 0 aliphatic rings. The summed E-state index contributed by atoms with van der Waals surface area (Å²) < 4.78 is 22.2. The fourth-order valence-corrected chi connectivity index (χ4v) is 1.45. The van der Waals surface area contributed by atoms with Crippen molar-refractivity contribution < 1.29 is 8.42 Å². The molecule has 0 radical (unpaired) electrons. The second kappa shape index (κ2) is 2.95. The van der Waals surface area contributed by atoms with Crippen LogP contribution in [0.15, 0.2) is 23.9 Å². The molecule has 0 fully saturated rings. The third-order valence-corrected chi connectivity index (χ3v) is 2.43. The lowest BCUT2D eigenvalue weighted by Gasteiger charge is -1.97. The van der Waals surface area contributed by atoms with Gasteiger partial charge in [-0.3, -0.25) is 0 Å². The number of rotatable bonds is 1. The van der Waals surface area contributed by atoms with Gasteiger partial charge in [0.2, 0.25) is 15.0 Å². The average molecular weight is 210 g/mol. The molecule has 6 nitrogen and oxygen atoms in total. The van der Waals surface area contributed by atoms with Crippen LogP contribution in [0, 0.1) is 0 Å². The molecule has 72 valence electrons. The highest BCUT2D eigenvalue weighted by molar-refractivity contribution is 7.90. The summed E-state index contributed by atoms with van der Waals surface area (Å²) in [6, 6.07) is 0. The SMILES string of the molecule is CS(=O)(=O)c1ncc2ncncc2n1. The highest BCUT2D eigenvalue weighted by atomic mass is 32.2. The van der Waals surface area contributed by atoms with Crippen LogP contribution in [0.2, 0.25) is 0 Å². The van der Waals surface area contributed by atoms with Crippen molar-refractivity contribution in [2.75, 3.05) is 6.26 Å². The Morgan fingerprint density at radius 3 is 2.64 bits per heavy atom. The van der Waals surface area contributed by atoms with E-state index in [0.717, 1.165) is 6.26 Å². The number of aromatic nitrogens is 4. The highest BCUT2D eigenvalue weighted by Gasteiger charge is 2.11. The highest BCUT2D eigenvalue weighted by Crippen LogP contribution is 2.07. The lowest BCUT2D eigenvalue weighted by atomic mass is 10.4. The minimum absolute atomic E-state index is 0.209. The molecule has 0 aliphatic carbocycles. The number of hydrogen-bond acceptors (Lipinski definition) is 6. The van der Waals surface area contributed by atoms with Gasteiger partial charge in [0, 0.05) is 6.26 Å². The Hall–Kier alpha value is -1.63. The van der Waals surface area contributed by atoms with Crippen LogP contribution in [-0.4, -0.2) is 34.6 Å². The molecule has 0 aliphatic heterocycles. The zero-order valence-corrected chi connectivity index (χ0v) is 8.06. The second-order valence-electron chi connectivity index (χ2n) is 2.72. The van der Waals surface area contributed by atoms with Crippen molar-refractivity contribution in [2.45, 2.75) is 5.16 Å². The van der Waals surface area contributed by atoms with E-state index in [0.29, 0.717) is 11.0 Å². The predicted octanol–water partition coefficient (Wildman–Crippen LogP) is -0.177. The molecule has 0 unspecified atom stereocenters. The molecule has 0 amide bonds. The van der Waals surface area contributed by atoms with Crippen LogP contribution in [0.5, 0.6) is 0 Å². The van der Waals surface area contributed by atoms with Gasteiger partial charge in [0.15, 0.2) is 0 Å². The van der Waals surface area contributed by atoms with Gasteiger partial charge in [-0.25, -0.2) is 28.4 Å². The Morgan fingerprint density at radius 1 is 1.14 bits per heavy atom. The summed E-state index contributed by atoms with van der Waals surface area (Å²) in [7, 11) is -3.37. The van der Waals surface area contributed by atoms with E-state index in [-0.39, 0.29) is 5.16 Å². The van der Waals surface area contributed by atoms with E-state index in [4.69, 9.17) is 0 Å². The molecule has 0 N–H and O–H groups in total. The first kappa shape index (κ1) is 8.95. The van der Waals surface area contributed by atoms with E-state index in [2.05, 4.69) is 19.9 Å². The van der Waals surface area contributed by atoms with Crippen LogP contribution in [-0.2, 0) is 9.84 Å². The summed E-state index contributed by atoms with van der Waals surface area (Å²) in [6.45, 7) is 0. The summed E-state index contributed by atoms with van der Waals surface area (Å²) in [5.41, 5.74) is 0.940. The van der Waals surface area contributed by atoms with Gasteiger partial charge in [-0.2, -0.15) is 0 Å². The lowest BCUT2D eigenvalue weighted by molar-refractivity contribution is 0.593. The summed E-state index contributed by atoms with van der Waals surface area (Å²) >= 11 is 0. The van der Waals surface area contributed by atoms with Gasteiger partial charge >= 0.3 is 0 Å². The van der Waals surface area contributed by atoms with Crippen molar-refractivity contribution in [3.8, 4) is 0 Å². The molecule has 2 rings (SSSR count). The van der Waals surface area contributed by atoms with Crippen LogP contribution in [0.25, 0.3) is 11.0 Å². The van der Waals surface area contributed by atoms with E-state index in [1.165, 1.54) is 18.7 Å². The molecule has 0 bridgehead atoms. The van der Waals surface area contributed by atoms with Crippen LogP contribution in [0.3, 0.4) is 0 Å². The number of hydrogen-bond donors (Lipinski definition) is 0. The van der Waals surface area contributed by atoms with E-state index in [1.807, 2.05) is 0 Å². The minimum atomic E-state index is -3.37. The molecule has 14 heavy (non-hydrogen) atoms. The maximum atomic E-state index is 11.1. The Balaban J connectivity index is 2.75. The van der Waals surface area contributed by atoms with Crippen molar-refractivity contribution in [3.63, 3.8) is 0 Å². The molecular formula is C7H6N4O2S. The smallest absolute Gasteiger partial charge is 0.243 e. The summed E-state index contributed by atoms with van der Waals surface area (Å²) in [5, 5.41) is -0.209. The standard InChI is InChI=1S/C7H6N4O2S/c1-14(12,13)7-9-3-5-6(11-7)2-8-4-10-5/h2-4H,1H3. The Labute approximate surface area is 80.0 Å². The number of fused-ring (bicyclic) bond motifs is 1. The largest absolute Gasteiger partial charge is 0.247 e. The van der Waals surface area contributed by atoms with Gasteiger partial charge in [0.1, 0.15) is 17.4 Å². The van der Waals surface area contributed by atoms with Crippen molar-refractivity contribution in [2.24, 2.45) is 0 Å². The van der Waals surface area contributed by atoms with Gasteiger partial charge < -0.3 is 0 Å². The molecule has 0 spiro atoms. The molecule has 0 saturated heterocycles. The molecule has 2 aromatic heterocycles. The summed E-state index contributed by atoms with van der Waals surface area (Å²) in [5.74, 6) is 0. The van der Waals surface area contributed by atoms with Gasteiger partial charge in [0.05, 0.1) is 12.4 Å². The molecule has 0 atom stereocenters. The van der Waals surface area contributed by atoms with E-state index < -0.39 is 9.84 Å². The van der Waals surface area contributed by atoms with Crippen LogP contribution in [0.1, 0.15) is 0 Å². The molecule has 7 heteroatoms. The maximum Gasteiger partial charge on any atom is 0.247 e. The van der Waals surface area contributed by atoms with Crippen LogP contribution < -0.4 is 0 Å². The van der Waals surface area contributed by atoms with E-state index >= 15 is 0 Å². The van der Waals surface area contributed by atoms with Gasteiger partial charge in [-0.1, -0.05) is 0 Å². The summed E-state index contributed by atoms with van der Waals surface area (Å²) in [6.07, 6.45) is 5.21. The molecule has 2 heterocycles. The fraction of sp³-hybridized carbons (Fsp3) is 0.143. The quantitative estimate of drug-likeness (QED) is 0.607. The minimum Gasteiger partial charge on any atom is -0.243 e. The second-order valence-corrected chi connectivity index (χ2v) is 4.63. The zero-order chi connectivity index (χ0) is 10.2. The fourth-order valence-electron chi connectivity index (χ4n) is 0.944. The van der Waals surface area contributed by atoms with E-state index in [1.54, 1.807) is 0 Å². The Morgan fingerprint density at radius 2 is 1.93 bits per heavy atom. The molecule has 0 aromatic carbocycles. The zero-order valence-electron chi connectivity index (χ0n) is 7.25. The first-order valence-electron chi connectivity index (χ1n) is 3.70. The third-order valence-electron chi connectivity index (χ3n) is 1.57. The predicted molar refractivity (Wildman–Crippen MR) is 48.2 cm³/mol. The average Bonchev–Trinajstić information content (AvgIpc) is 2.16. The lowest BCUT2D eigenvalue weighted by Crippen LogP contribution is -2.04. The van der Waals surface area contributed by atoms with Gasteiger partial charge in [0.25, 0.3) is 0 Å². The number of sulfone groups is 1.